The second-order valence-electron chi connectivity index (χ2n) is 6.20. The number of nitrogens with one attached hydrogen (secondary N) is 3. The van der Waals surface area contributed by atoms with Gasteiger partial charge in [0.25, 0.3) is 0 Å². The lowest BCUT2D eigenvalue weighted by molar-refractivity contribution is -0.116. The molecular weight excluding hydrogens is 366 g/mol. The van der Waals surface area contributed by atoms with Crippen molar-refractivity contribution in [3.63, 3.8) is 0 Å². The molecule has 0 fully saturated rings. The van der Waals surface area contributed by atoms with Crippen LogP contribution in [0.5, 0.6) is 5.75 Å². The van der Waals surface area contributed by atoms with Gasteiger partial charge in [0, 0.05) is 11.4 Å². The minimum Gasteiger partial charge on any atom is -0.495 e. The third-order valence-electron chi connectivity index (χ3n) is 3.90. The van der Waals surface area contributed by atoms with Crippen molar-refractivity contribution < 1.29 is 17.9 Å². The quantitative estimate of drug-likeness (QED) is 0.643. The maximum Gasteiger partial charge on any atom is 0.246 e. The highest BCUT2D eigenvalue weighted by atomic mass is 32.2. The first kappa shape index (κ1) is 20.6. The zero-order valence-electron chi connectivity index (χ0n) is 15.9. The van der Waals surface area contributed by atoms with Gasteiger partial charge >= 0.3 is 0 Å². The summed E-state index contributed by atoms with van der Waals surface area (Å²) in [5, 5.41) is 5.91. The van der Waals surface area contributed by atoms with Gasteiger partial charge in [0.2, 0.25) is 15.9 Å². The van der Waals surface area contributed by atoms with Crippen LogP contribution in [0.1, 0.15) is 19.4 Å². The van der Waals surface area contributed by atoms with Gasteiger partial charge in [0.1, 0.15) is 11.8 Å². The molecule has 0 aliphatic carbocycles. The van der Waals surface area contributed by atoms with Gasteiger partial charge in [0.15, 0.2) is 0 Å². The van der Waals surface area contributed by atoms with Gasteiger partial charge in [-0.1, -0.05) is 19.1 Å². The Labute approximate surface area is 160 Å². The summed E-state index contributed by atoms with van der Waals surface area (Å²) in [7, 11) is -2.00. The Balaban J connectivity index is 2.08. The third kappa shape index (κ3) is 6.18. The standard InChI is InChI=1S/C19H25N3O4S/c1-5-14-6-8-15(9-7-14)21-19(23)13(2)20-16-10-11-18(26-3)17(12-16)22-27(4,24)25/h6-13,20,22H,5H2,1-4H3,(H,21,23). The van der Waals surface area contributed by atoms with Gasteiger partial charge in [-0.3, -0.25) is 9.52 Å². The summed E-state index contributed by atoms with van der Waals surface area (Å²) in [5.74, 6) is 0.187. The van der Waals surface area contributed by atoms with E-state index in [0.29, 0.717) is 17.1 Å². The van der Waals surface area contributed by atoms with Crippen molar-refractivity contribution in [3.05, 3.63) is 48.0 Å². The molecule has 1 amide bonds. The molecule has 2 rings (SSSR count). The molecule has 7 nitrogen and oxygen atoms in total. The monoisotopic (exact) mass is 391 g/mol. The fourth-order valence-electron chi connectivity index (χ4n) is 2.47. The summed E-state index contributed by atoms with van der Waals surface area (Å²) >= 11 is 0. The highest BCUT2D eigenvalue weighted by molar-refractivity contribution is 7.92. The molecule has 0 saturated carbocycles. The molecule has 0 aliphatic heterocycles. The Bertz CT molecular complexity index is 896. The highest BCUT2D eigenvalue weighted by Crippen LogP contribution is 2.29. The van der Waals surface area contributed by atoms with Crippen LogP contribution in [0.3, 0.4) is 0 Å². The van der Waals surface area contributed by atoms with Gasteiger partial charge in [-0.2, -0.15) is 0 Å². The number of sulfonamides is 1. The Morgan fingerprint density at radius 1 is 1.11 bits per heavy atom. The number of benzene rings is 2. The van der Waals surface area contributed by atoms with Crippen LogP contribution < -0.4 is 20.1 Å². The number of rotatable bonds is 8. The lowest BCUT2D eigenvalue weighted by Crippen LogP contribution is -2.31. The van der Waals surface area contributed by atoms with Crippen molar-refractivity contribution in [1.82, 2.24) is 0 Å². The molecule has 8 heteroatoms. The molecule has 27 heavy (non-hydrogen) atoms. The van der Waals surface area contributed by atoms with Gasteiger partial charge in [-0.25, -0.2) is 8.42 Å². The van der Waals surface area contributed by atoms with Crippen LogP contribution >= 0.6 is 0 Å². The summed E-state index contributed by atoms with van der Waals surface area (Å²) in [6.45, 7) is 3.80. The van der Waals surface area contributed by atoms with E-state index in [-0.39, 0.29) is 5.91 Å². The fourth-order valence-corrected chi connectivity index (χ4v) is 3.03. The summed E-state index contributed by atoms with van der Waals surface area (Å²) in [5.41, 5.74) is 2.81. The van der Waals surface area contributed by atoms with Crippen LogP contribution in [-0.2, 0) is 21.2 Å². The molecule has 0 aromatic heterocycles. The first-order chi connectivity index (χ1) is 12.7. The van der Waals surface area contributed by atoms with Crippen LogP contribution in [-0.4, -0.2) is 33.7 Å². The van der Waals surface area contributed by atoms with E-state index in [1.165, 1.54) is 12.7 Å². The average molecular weight is 391 g/mol. The van der Waals surface area contributed by atoms with E-state index in [1.807, 2.05) is 24.3 Å². The van der Waals surface area contributed by atoms with Crippen molar-refractivity contribution >= 4 is 33.0 Å². The number of amides is 1. The summed E-state index contributed by atoms with van der Waals surface area (Å²) < 4.78 is 30.6. The molecule has 0 spiro atoms. The van der Waals surface area contributed by atoms with Crippen molar-refractivity contribution in [1.29, 1.82) is 0 Å². The number of anilines is 3. The van der Waals surface area contributed by atoms with Gasteiger partial charge in [0.05, 0.1) is 19.1 Å². The number of hydrogen-bond donors (Lipinski definition) is 3. The van der Waals surface area contributed by atoms with Crippen molar-refractivity contribution in [3.8, 4) is 5.75 Å². The fraction of sp³-hybridized carbons (Fsp3) is 0.316. The van der Waals surface area contributed by atoms with Gasteiger partial charge < -0.3 is 15.4 Å². The van der Waals surface area contributed by atoms with E-state index in [4.69, 9.17) is 4.74 Å². The second-order valence-corrected chi connectivity index (χ2v) is 7.94. The van der Waals surface area contributed by atoms with E-state index in [2.05, 4.69) is 22.3 Å². The molecule has 2 aromatic carbocycles. The summed E-state index contributed by atoms with van der Waals surface area (Å²) in [6, 6.07) is 12.1. The maximum atomic E-state index is 12.4. The lowest BCUT2D eigenvalue weighted by atomic mass is 10.1. The number of methoxy groups -OCH3 is 1. The third-order valence-corrected chi connectivity index (χ3v) is 4.49. The molecule has 0 bridgehead atoms. The molecule has 2 aromatic rings. The molecule has 3 N–H and O–H groups in total. The Hall–Kier alpha value is -2.74. The van der Waals surface area contributed by atoms with E-state index >= 15 is 0 Å². The zero-order valence-corrected chi connectivity index (χ0v) is 16.7. The average Bonchev–Trinajstić information content (AvgIpc) is 2.61. The molecule has 0 saturated heterocycles. The summed E-state index contributed by atoms with van der Waals surface area (Å²) in [4.78, 5) is 12.4. The molecular formula is C19H25N3O4S. The Morgan fingerprint density at radius 2 is 1.74 bits per heavy atom. The molecule has 0 radical (unpaired) electrons. The van der Waals surface area contributed by atoms with Gasteiger partial charge in [-0.15, -0.1) is 0 Å². The lowest BCUT2D eigenvalue weighted by Gasteiger charge is -2.17. The predicted octanol–water partition coefficient (Wildman–Crippen LogP) is 3.07. The van der Waals surface area contributed by atoms with Crippen molar-refractivity contribution in [2.45, 2.75) is 26.3 Å². The zero-order chi connectivity index (χ0) is 20.0. The number of hydrogen-bond acceptors (Lipinski definition) is 5. The van der Waals surface area contributed by atoms with E-state index in [9.17, 15) is 13.2 Å². The molecule has 1 atom stereocenters. The SMILES string of the molecule is CCc1ccc(NC(=O)C(C)Nc2ccc(OC)c(NS(C)(=O)=O)c2)cc1. The van der Waals surface area contributed by atoms with Crippen LogP contribution in [0.4, 0.5) is 17.1 Å². The topological polar surface area (TPSA) is 96.5 Å². The first-order valence-electron chi connectivity index (χ1n) is 8.54. The molecule has 0 heterocycles. The van der Waals surface area contributed by atoms with Crippen LogP contribution in [0.2, 0.25) is 0 Å². The molecule has 146 valence electrons. The highest BCUT2D eigenvalue weighted by Gasteiger charge is 2.15. The van der Waals surface area contributed by atoms with E-state index < -0.39 is 16.1 Å². The first-order valence-corrected chi connectivity index (χ1v) is 10.4. The maximum absolute atomic E-state index is 12.4. The number of carbonyl (C=O) groups excluding carboxylic acids is 1. The van der Waals surface area contributed by atoms with Crippen LogP contribution in [0.25, 0.3) is 0 Å². The van der Waals surface area contributed by atoms with E-state index in [0.717, 1.165) is 18.4 Å². The van der Waals surface area contributed by atoms with E-state index in [1.54, 1.807) is 25.1 Å². The molecule has 1 unspecified atom stereocenters. The van der Waals surface area contributed by atoms with Crippen molar-refractivity contribution in [2.24, 2.45) is 0 Å². The number of carbonyl (C=O) groups is 1. The number of ether oxygens (including phenoxy) is 1. The minimum atomic E-state index is -3.45. The minimum absolute atomic E-state index is 0.201. The van der Waals surface area contributed by atoms with Crippen molar-refractivity contribution in [2.75, 3.05) is 28.7 Å². The normalized spacial score (nSPS) is 12.1. The predicted molar refractivity (Wildman–Crippen MR) is 109 cm³/mol. The second kappa shape index (κ2) is 8.77. The largest absolute Gasteiger partial charge is 0.495 e. The summed E-state index contributed by atoms with van der Waals surface area (Å²) in [6.07, 6.45) is 2.00. The molecule has 0 aliphatic rings. The number of aryl methyl sites for hydroxylation is 1. The Morgan fingerprint density at radius 3 is 2.30 bits per heavy atom. The Kier molecular flexibility index (Phi) is 6.68. The van der Waals surface area contributed by atoms with Gasteiger partial charge in [-0.05, 0) is 49.2 Å². The van der Waals surface area contributed by atoms with Crippen LogP contribution in [0, 0.1) is 0 Å². The smallest absolute Gasteiger partial charge is 0.246 e. The van der Waals surface area contributed by atoms with Crippen LogP contribution in [0.15, 0.2) is 42.5 Å².